The third kappa shape index (κ3) is 10.3. The summed E-state index contributed by atoms with van der Waals surface area (Å²) >= 11 is 0. The third-order valence-electron chi connectivity index (χ3n) is 7.13. The van der Waals surface area contributed by atoms with E-state index in [1.54, 1.807) is 10.8 Å². The number of hydrogen-bond donors (Lipinski definition) is 2. The van der Waals surface area contributed by atoms with Crippen LogP contribution in [0.5, 0.6) is 5.88 Å². The first-order chi connectivity index (χ1) is 21.0. The molecule has 0 aliphatic carbocycles. The fraction of sp³-hybridized carbons (Fsp3) is 0.344. The second kappa shape index (κ2) is 16.7. The summed E-state index contributed by atoms with van der Waals surface area (Å²) in [5, 5.41) is 27.8. The number of benzene rings is 2. The number of carboxylic acid groups (broad SMARTS) is 2. The van der Waals surface area contributed by atoms with Crippen molar-refractivity contribution in [1.82, 2.24) is 29.6 Å². The molecule has 5 rings (SSSR count). The fourth-order valence-corrected chi connectivity index (χ4v) is 5.03. The lowest BCUT2D eigenvalue weighted by molar-refractivity contribution is -0.134. The molecule has 1 fully saturated rings. The maximum atomic E-state index is 9.55. The summed E-state index contributed by atoms with van der Waals surface area (Å²) in [6.07, 6.45) is 7.41. The van der Waals surface area contributed by atoms with Gasteiger partial charge in [-0.1, -0.05) is 73.5 Å². The Morgan fingerprint density at radius 3 is 2.00 bits per heavy atom. The van der Waals surface area contributed by atoms with Gasteiger partial charge in [-0.25, -0.2) is 9.59 Å². The number of fused-ring (bicyclic) bond motifs is 1. The van der Waals surface area contributed by atoms with Crippen LogP contribution in [0.4, 0.5) is 0 Å². The summed E-state index contributed by atoms with van der Waals surface area (Å²) in [6, 6.07) is 25.9. The highest BCUT2D eigenvalue weighted by Gasteiger charge is 2.26. The molecule has 0 amide bonds. The Hall–Kier alpha value is -4.61. The topological polar surface area (TPSA) is 133 Å². The van der Waals surface area contributed by atoms with Crippen LogP contribution in [-0.4, -0.2) is 91.1 Å². The Morgan fingerprint density at radius 1 is 0.791 bits per heavy atom. The predicted octanol–water partition coefficient (Wildman–Crippen LogP) is 4.18. The van der Waals surface area contributed by atoms with Crippen LogP contribution in [0.25, 0.3) is 5.65 Å². The molecule has 0 bridgehead atoms. The summed E-state index contributed by atoms with van der Waals surface area (Å²) in [6.45, 7) is 6.35. The Morgan fingerprint density at radius 2 is 1.40 bits per heavy atom. The van der Waals surface area contributed by atoms with Crippen molar-refractivity contribution in [2.75, 3.05) is 39.3 Å². The molecule has 0 atom stereocenters. The van der Waals surface area contributed by atoms with Crippen molar-refractivity contribution in [3.63, 3.8) is 0 Å². The second-order valence-electron chi connectivity index (χ2n) is 10.2. The number of carbonyl (C=O) groups is 2. The van der Waals surface area contributed by atoms with Gasteiger partial charge >= 0.3 is 11.9 Å². The van der Waals surface area contributed by atoms with Crippen LogP contribution in [0, 0.1) is 0 Å². The zero-order valence-corrected chi connectivity index (χ0v) is 24.1. The van der Waals surface area contributed by atoms with Gasteiger partial charge < -0.3 is 19.8 Å². The maximum absolute atomic E-state index is 9.55. The van der Waals surface area contributed by atoms with Crippen molar-refractivity contribution in [2.24, 2.45) is 0 Å². The van der Waals surface area contributed by atoms with E-state index in [1.165, 1.54) is 36.9 Å². The van der Waals surface area contributed by atoms with Gasteiger partial charge in [-0.2, -0.15) is 4.52 Å². The van der Waals surface area contributed by atoms with E-state index in [0.717, 1.165) is 38.2 Å². The second-order valence-corrected chi connectivity index (χ2v) is 10.2. The zero-order valence-electron chi connectivity index (χ0n) is 24.1. The molecule has 226 valence electrons. The van der Waals surface area contributed by atoms with Crippen molar-refractivity contribution in [3.8, 4) is 5.88 Å². The summed E-state index contributed by atoms with van der Waals surface area (Å²) in [7, 11) is 0. The highest BCUT2D eigenvalue weighted by molar-refractivity contribution is 5.89. The van der Waals surface area contributed by atoms with E-state index in [2.05, 4.69) is 85.8 Å². The number of aromatic nitrogens is 4. The first-order valence-corrected chi connectivity index (χ1v) is 14.5. The Labute approximate surface area is 251 Å². The number of unbranched alkanes of at least 4 members (excludes halogenated alkanes) is 3. The number of hydrogen-bond acceptors (Lipinski definition) is 8. The summed E-state index contributed by atoms with van der Waals surface area (Å²) in [5.74, 6) is -1.89. The SMILES string of the molecule is O=C(O)/C=C/C(=O)O.c1ccc(C(c2ccccc2)N2CCN(CCCCCCOc3ccc4nncn4n3)CC2)cc1. The van der Waals surface area contributed by atoms with E-state index in [-0.39, 0.29) is 0 Å². The molecule has 2 aromatic carbocycles. The Bertz CT molecular complexity index is 1380. The van der Waals surface area contributed by atoms with Crippen molar-refractivity contribution < 1.29 is 24.5 Å². The first kappa shape index (κ1) is 31.3. The van der Waals surface area contributed by atoms with Crippen molar-refractivity contribution in [3.05, 3.63) is 102 Å². The molecule has 4 aromatic rings. The van der Waals surface area contributed by atoms with Crippen LogP contribution in [-0.2, 0) is 9.59 Å². The fourth-order valence-electron chi connectivity index (χ4n) is 5.03. The molecular formula is C32H38N6O5. The summed E-state index contributed by atoms with van der Waals surface area (Å²) in [4.78, 5) is 24.4. The van der Waals surface area contributed by atoms with Crippen LogP contribution in [0.15, 0.2) is 91.3 Å². The van der Waals surface area contributed by atoms with Gasteiger partial charge in [0.15, 0.2) is 5.65 Å². The largest absolute Gasteiger partial charge is 0.478 e. The lowest BCUT2D eigenvalue weighted by Gasteiger charge is -2.39. The molecule has 43 heavy (non-hydrogen) atoms. The summed E-state index contributed by atoms with van der Waals surface area (Å²) in [5.41, 5.74) is 3.49. The van der Waals surface area contributed by atoms with E-state index in [9.17, 15) is 9.59 Å². The molecule has 11 heteroatoms. The third-order valence-corrected chi connectivity index (χ3v) is 7.13. The molecule has 1 aliphatic rings. The van der Waals surface area contributed by atoms with Crippen molar-refractivity contribution >= 4 is 17.6 Å². The number of ether oxygens (including phenoxy) is 1. The highest BCUT2D eigenvalue weighted by atomic mass is 16.5. The molecule has 1 aliphatic heterocycles. The lowest BCUT2D eigenvalue weighted by Crippen LogP contribution is -2.48. The minimum Gasteiger partial charge on any atom is -0.478 e. The molecule has 0 spiro atoms. The standard InChI is InChI=1S/C28H34N6O.C4H4O4/c1(2-10-22-35-27-16-15-26-30-29-23-34(26)31-27)9-17-32-18-20-33(21-19-32)28(24-11-5-3-6-12-24)25-13-7-4-8-14-25;5-3(6)1-2-4(7)8/h3-8,11-16,23,28H,1-2,9-10,17-22H2;1-2H,(H,5,6)(H,7,8)/b;2-1+. The molecule has 11 nitrogen and oxygen atoms in total. The van der Waals surface area contributed by atoms with Gasteiger partial charge in [0, 0.05) is 44.4 Å². The van der Waals surface area contributed by atoms with Gasteiger partial charge in [0.25, 0.3) is 0 Å². The molecular weight excluding hydrogens is 548 g/mol. The number of piperazine rings is 1. The number of rotatable bonds is 13. The molecule has 2 N–H and O–H groups in total. The molecule has 1 saturated heterocycles. The van der Waals surface area contributed by atoms with E-state index in [1.807, 2.05) is 12.1 Å². The molecule has 0 saturated carbocycles. The average Bonchev–Trinajstić information content (AvgIpc) is 3.50. The van der Waals surface area contributed by atoms with E-state index >= 15 is 0 Å². The molecule has 2 aromatic heterocycles. The lowest BCUT2D eigenvalue weighted by atomic mass is 9.96. The van der Waals surface area contributed by atoms with E-state index in [4.69, 9.17) is 14.9 Å². The predicted molar refractivity (Wildman–Crippen MR) is 162 cm³/mol. The average molecular weight is 587 g/mol. The first-order valence-electron chi connectivity index (χ1n) is 14.5. The van der Waals surface area contributed by atoms with E-state index in [0.29, 0.717) is 30.7 Å². The maximum Gasteiger partial charge on any atom is 0.328 e. The van der Waals surface area contributed by atoms with Crippen molar-refractivity contribution in [2.45, 2.75) is 31.7 Å². The Balaban J connectivity index is 0.000000467. The minimum absolute atomic E-state index is 0.333. The number of aliphatic carboxylic acids is 2. The molecule has 0 radical (unpaired) electrons. The molecule has 0 unspecified atom stereocenters. The monoisotopic (exact) mass is 586 g/mol. The zero-order chi connectivity index (χ0) is 30.3. The smallest absolute Gasteiger partial charge is 0.328 e. The van der Waals surface area contributed by atoms with Crippen LogP contribution in [0.3, 0.4) is 0 Å². The van der Waals surface area contributed by atoms with Gasteiger partial charge in [-0.05, 0) is 36.6 Å². The van der Waals surface area contributed by atoms with Crippen molar-refractivity contribution in [1.29, 1.82) is 0 Å². The van der Waals surface area contributed by atoms with Crippen LogP contribution in [0.1, 0.15) is 42.9 Å². The van der Waals surface area contributed by atoms with Crippen LogP contribution >= 0.6 is 0 Å². The van der Waals surface area contributed by atoms with Gasteiger partial charge in [-0.3, -0.25) is 4.90 Å². The number of carboxylic acids is 2. The molecule has 3 heterocycles. The van der Waals surface area contributed by atoms with E-state index < -0.39 is 11.9 Å². The summed E-state index contributed by atoms with van der Waals surface area (Å²) < 4.78 is 7.42. The van der Waals surface area contributed by atoms with Crippen LogP contribution < -0.4 is 4.74 Å². The van der Waals surface area contributed by atoms with Gasteiger partial charge in [0.1, 0.15) is 6.33 Å². The van der Waals surface area contributed by atoms with Crippen LogP contribution in [0.2, 0.25) is 0 Å². The quantitative estimate of drug-likeness (QED) is 0.174. The number of nitrogens with zero attached hydrogens (tertiary/aromatic N) is 6. The van der Waals surface area contributed by atoms with Gasteiger partial charge in [0.2, 0.25) is 5.88 Å². The van der Waals surface area contributed by atoms with Gasteiger partial charge in [0.05, 0.1) is 12.6 Å². The van der Waals surface area contributed by atoms with Gasteiger partial charge in [-0.15, -0.1) is 15.3 Å². The normalized spacial score (nSPS) is 14.1. The highest BCUT2D eigenvalue weighted by Crippen LogP contribution is 2.29. The Kier molecular flexibility index (Phi) is 12.2. The minimum atomic E-state index is -1.26.